The standard InChI is InChI=1S/C9H20N2O4S/c1-6-10-16(13,14)11-7(2)8(12)15-9(3,4)5/h7,10-11H,6H2,1-5H3/t7-/m1/s1. The van der Waals surface area contributed by atoms with Gasteiger partial charge in [-0.25, -0.2) is 4.72 Å². The normalized spacial score (nSPS) is 14.6. The molecule has 1 atom stereocenters. The summed E-state index contributed by atoms with van der Waals surface area (Å²) in [6.07, 6.45) is 0. The van der Waals surface area contributed by atoms with Gasteiger partial charge >= 0.3 is 5.97 Å². The van der Waals surface area contributed by atoms with Crippen molar-refractivity contribution in [1.82, 2.24) is 9.44 Å². The highest BCUT2D eigenvalue weighted by atomic mass is 32.2. The van der Waals surface area contributed by atoms with E-state index >= 15 is 0 Å². The highest BCUT2D eigenvalue weighted by Gasteiger charge is 2.24. The Bertz CT molecular complexity index is 332. The molecule has 0 heterocycles. The van der Waals surface area contributed by atoms with Crippen LogP contribution in [0.25, 0.3) is 0 Å². The summed E-state index contributed by atoms with van der Waals surface area (Å²) in [4.78, 5) is 11.5. The highest BCUT2D eigenvalue weighted by molar-refractivity contribution is 7.87. The second-order valence-corrected chi connectivity index (χ2v) is 5.91. The van der Waals surface area contributed by atoms with E-state index < -0.39 is 27.8 Å². The largest absolute Gasteiger partial charge is 0.459 e. The third-order valence-corrected chi connectivity index (χ3v) is 2.76. The van der Waals surface area contributed by atoms with Gasteiger partial charge in [0.05, 0.1) is 0 Å². The van der Waals surface area contributed by atoms with Crippen LogP contribution in [0, 0.1) is 0 Å². The average molecular weight is 252 g/mol. The first kappa shape index (κ1) is 15.3. The van der Waals surface area contributed by atoms with Gasteiger partial charge in [-0.2, -0.15) is 13.1 Å². The van der Waals surface area contributed by atoms with Crippen LogP contribution in [0.5, 0.6) is 0 Å². The maximum Gasteiger partial charge on any atom is 0.324 e. The van der Waals surface area contributed by atoms with Crippen molar-refractivity contribution in [3.63, 3.8) is 0 Å². The number of carbonyl (C=O) groups excluding carboxylic acids is 1. The third kappa shape index (κ3) is 6.76. The first-order valence-electron chi connectivity index (χ1n) is 5.07. The molecule has 6 nitrogen and oxygen atoms in total. The van der Waals surface area contributed by atoms with Crippen molar-refractivity contribution in [3.8, 4) is 0 Å². The van der Waals surface area contributed by atoms with Gasteiger partial charge in [0.1, 0.15) is 11.6 Å². The molecule has 0 radical (unpaired) electrons. The van der Waals surface area contributed by atoms with E-state index in [2.05, 4.69) is 9.44 Å². The van der Waals surface area contributed by atoms with Crippen LogP contribution in [0.4, 0.5) is 0 Å². The number of esters is 1. The molecular formula is C9H20N2O4S. The van der Waals surface area contributed by atoms with E-state index in [9.17, 15) is 13.2 Å². The van der Waals surface area contributed by atoms with Gasteiger partial charge in [0.15, 0.2) is 0 Å². The summed E-state index contributed by atoms with van der Waals surface area (Å²) < 4.78 is 32.0. The van der Waals surface area contributed by atoms with E-state index in [1.807, 2.05) is 0 Å². The van der Waals surface area contributed by atoms with E-state index in [1.54, 1.807) is 27.7 Å². The van der Waals surface area contributed by atoms with Gasteiger partial charge in [0.25, 0.3) is 10.2 Å². The van der Waals surface area contributed by atoms with Crippen LogP contribution in [-0.2, 0) is 19.7 Å². The predicted octanol–water partition coefficient (Wildman–Crippen LogP) is 0.161. The Labute approximate surface area is 96.9 Å². The van der Waals surface area contributed by atoms with E-state index in [0.717, 1.165) is 0 Å². The Balaban J connectivity index is 4.37. The molecule has 0 rings (SSSR count). The lowest BCUT2D eigenvalue weighted by Gasteiger charge is -2.22. The van der Waals surface area contributed by atoms with Gasteiger partial charge in [-0.05, 0) is 27.7 Å². The van der Waals surface area contributed by atoms with Gasteiger partial charge in [-0.1, -0.05) is 6.92 Å². The molecule has 16 heavy (non-hydrogen) atoms. The summed E-state index contributed by atoms with van der Waals surface area (Å²) in [5.74, 6) is -0.603. The molecule has 96 valence electrons. The Morgan fingerprint density at radius 3 is 2.25 bits per heavy atom. The average Bonchev–Trinajstić information content (AvgIpc) is 1.99. The maximum atomic E-state index is 11.5. The summed E-state index contributed by atoms with van der Waals surface area (Å²) in [5, 5.41) is 0. The van der Waals surface area contributed by atoms with Gasteiger partial charge in [0.2, 0.25) is 0 Å². The molecule has 0 saturated carbocycles. The van der Waals surface area contributed by atoms with E-state index in [0.29, 0.717) is 0 Å². The van der Waals surface area contributed by atoms with Crippen LogP contribution in [0.15, 0.2) is 0 Å². The molecule has 7 heteroatoms. The number of nitrogens with one attached hydrogen (secondary N) is 2. The molecule has 0 amide bonds. The molecule has 0 fully saturated rings. The minimum absolute atomic E-state index is 0.260. The number of rotatable bonds is 5. The predicted molar refractivity (Wildman–Crippen MR) is 61.0 cm³/mol. The van der Waals surface area contributed by atoms with Crippen molar-refractivity contribution in [2.24, 2.45) is 0 Å². The summed E-state index contributed by atoms with van der Waals surface area (Å²) in [6.45, 7) is 8.50. The van der Waals surface area contributed by atoms with Crippen LogP contribution >= 0.6 is 0 Å². The molecule has 0 aromatic rings. The Morgan fingerprint density at radius 2 is 1.88 bits per heavy atom. The molecular weight excluding hydrogens is 232 g/mol. The molecule has 0 aromatic carbocycles. The molecule has 0 spiro atoms. The van der Waals surface area contributed by atoms with Crippen molar-refractivity contribution in [2.75, 3.05) is 6.54 Å². The first-order chi connectivity index (χ1) is 7.07. The minimum atomic E-state index is -3.63. The van der Waals surface area contributed by atoms with Crippen molar-refractivity contribution in [3.05, 3.63) is 0 Å². The Kier molecular flexibility index (Phi) is 5.37. The van der Waals surface area contributed by atoms with E-state index in [-0.39, 0.29) is 6.54 Å². The van der Waals surface area contributed by atoms with Gasteiger partial charge in [-0.15, -0.1) is 0 Å². The second kappa shape index (κ2) is 5.60. The zero-order valence-electron chi connectivity index (χ0n) is 10.3. The molecule has 0 aromatic heterocycles. The molecule has 0 saturated heterocycles. The maximum absolute atomic E-state index is 11.5. The quantitative estimate of drug-likeness (QED) is 0.683. The zero-order valence-corrected chi connectivity index (χ0v) is 11.1. The fourth-order valence-corrected chi connectivity index (χ4v) is 1.93. The molecule has 2 N–H and O–H groups in total. The van der Waals surface area contributed by atoms with Crippen LogP contribution < -0.4 is 9.44 Å². The number of hydrogen-bond donors (Lipinski definition) is 2. The fraction of sp³-hybridized carbons (Fsp3) is 0.889. The zero-order chi connectivity index (χ0) is 13.0. The molecule has 0 bridgehead atoms. The smallest absolute Gasteiger partial charge is 0.324 e. The first-order valence-corrected chi connectivity index (χ1v) is 6.55. The lowest BCUT2D eigenvalue weighted by molar-refractivity contribution is -0.156. The molecule has 0 unspecified atom stereocenters. The van der Waals surface area contributed by atoms with Crippen molar-refractivity contribution in [1.29, 1.82) is 0 Å². The number of ether oxygens (including phenoxy) is 1. The lowest BCUT2D eigenvalue weighted by Crippen LogP contribution is -2.46. The molecule has 0 aliphatic carbocycles. The topological polar surface area (TPSA) is 84.5 Å². The van der Waals surface area contributed by atoms with Crippen LogP contribution in [0.3, 0.4) is 0 Å². The van der Waals surface area contributed by atoms with Gasteiger partial charge in [-0.3, -0.25) is 4.79 Å². The van der Waals surface area contributed by atoms with Crippen LogP contribution in [-0.4, -0.2) is 32.6 Å². The Hall–Kier alpha value is -0.660. The second-order valence-electron chi connectivity index (χ2n) is 4.37. The molecule has 0 aliphatic rings. The van der Waals surface area contributed by atoms with Crippen molar-refractivity contribution in [2.45, 2.75) is 46.3 Å². The number of carbonyl (C=O) groups is 1. The summed E-state index contributed by atoms with van der Waals surface area (Å²) in [6, 6.07) is -0.914. The SMILES string of the molecule is CCNS(=O)(=O)N[C@H](C)C(=O)OC(C)(C)C. The summed E-state index contributed by atoms with van der Waals surface area (Å²) in [5.41, 5.74) is -0.630. The van der Waals surface area contributed by atoms with Crippen molar-refractivity contribution >= 4 is 16.2 Å². The lowest BCUT2D eigenvalue weighted by atomic mass is 10.2. The van der Waals surface area contributed by atoms with Crippen LogP contribution in [0.2, 0.25) is 0 Å². The highest BCUT2D eigenvalue weighted by Crippen LogP contribution is 2.08. The van der Waals surface area contributed by atoms with E-state index in [1.165, 1.54) is 6.92 Å². The number of hydrogen-bond acceptors (Lipinski definition) is 4. The third-order valence-electron chi connectivity index (χ3n) is 1.43. The van der Waals surface area contributed by atoms with Gasteiger partial charge < -0.3 is 4.74 Å². The molecule has 0 aliphatic heterocycles. The van der Waals surface area contributed by atoms with Crippen molar-refractivity contribution < 1.29 is 17.9 Å². The minimum Gasteiger partial charge on any atom is -0.459 e. The van der Waals surface area contributed by atoms with Crippen LogP contribution in [0.1, 0.15) is 34.6 Å². The van der Waals surface area contributed by atoms with E-state index in [4.69, 9.17) is 4.74 Å². The summed E-state index contributed by atoms with van der Waals surface area (Å²) in [7, 11) is -3.63. The summed E-state index contributed by atoms with van der Waals surface area (Å²) >= 11 is 0. The Morgan fingerprint density at radius 1 is 1.38 bits per heavy atom. The van der Waals surface area contributed by atoms with Gasteiger partial charge in [0, 0.05) is 6.54 Å². The fourth-order valence-electron chi connectivity index (χ4n) is 0.903. The monoisotopic (exact) mass is 252 g/mol.